The van der Waals surface area contributed by atoms with Crippen molar-refractivity contribution in [2.75, 3.05) is 6.61 Å². The number of benzene rings is 3. The Labute approximate surface area is 238 Å². The van der Waals surface area contributed by atoms with Crippen molar-refractivity contribution < 1.29 is 19.1 Å². The number of carbonyl (C=O) groups excluding carboxylic acids is 2. The third-order valence-corrected chi connectivity index (χ3v) is 6.76. The first kappa shape index (κ1) is 30.2. The van der Waals surface area contributed by atoms with Crippen LogP contribution in [0.15, 0.2) is 78.9 Å². The van der Waals surface area contributed by atoms with Gasteiger partial charge >= 0.3 is 5.97 Å². The largest absolute Gasteiger partial charge is 0.494 e. The number of ketones is 1. The fraction of sp³-hybridized carbons (Fsp3) is 0.353. The van der Waals surface area contributed by atoms with Crippen molar-refractivity contribution in [1.82, 2.24) is 0 Å². The summed E-state index contributed by atoms with van der Waals surface area (Å²) >= 11 is 5.87. The molecule has 0 aliphatic rings. The highest BCUT2D eigenvalue weighted by Crippen LogP contribution is 2.18. The normalized spacial score (nSPS) is 11.0. The molecule has 0 unspecified atom stereocenters. The van der Waals surface area contributed by atoms with E-state index in [0.717, 1.165) is 17.7 Å². The van der Waals surface area contributed by atoms with Gasteiger partial charge in [-0.2, -0.15) is 0 Å². The second kappa shape index (κ2) is 17.3. The van der Waals surface area contributed by atoms with Gasteiger partial charge in [-0.15, -0.1) is 0 Å². The van der Waals surface area contributed by atoms with Gasteiger partial charge < -0.3 is 9.47 Å². The lowest BCUT2D eigenvalue weighted by Crippen LogP contribution is -2.08. The lowest BCUT2D eigenvalue weighted by atomic mass is 10.1. The Morgan fingerprint density at radius 3 is 1.82 bits per heavy atom. The molecule has 4 nitrogen and oxygen atoms in total. The summed E-state index contributed by atoms with van der Waals surface area (Å²) in [7, 11) is 0. The molecule has 0 heterocycles. The molecule has 0 aromatic heterocycles. The van der Waals surface area contributed by atoms with Crippen LogP contribution in [0, 0.1) is 0 Å². The van der Waals surface area contributed by atoms with Crippen molar-refractivity contribution in [1.29, 1.82) is 0 Å². The molecule has 3 aromatic rings. The average Bonchev–Trinajstić information content (AvgIpc) is 2.96. The summed E-state index contributed by atoms with van der Waals surface area (Å²) in [6, 6.07) is 20.8. The number of unbranched alkanes of at least 4 members (excludes halogenated alkanes) is 9. The van der Waals surface area contributed by atoms with Crippen LogP contribution >= 0.6 is 11.6 Å². The first-order valence-corrected chi connectivity index (χ1v) is 14.5. The topological polar surface area (TPSA) is 52.6 Å². The highest BCUT2D eigenvalue weighted by atomic mass is 35.5. The van der Waals surface area contributed by atoms with Crippen molar-refractivity contribution in [3.05, 3.63) is 101 Å². The number of hydrogen-bond acceptors (Lipinski definition) is 4. The molecule has 0 radical (unpaired) electrons. The van der Waals surface area contributed by atoms with Crippen LogP contribution in [-0.4, -0.2) is 18.4 Å². The van der Waals surface area contributed by atoms with Crippen LogP contribution < -0.4 is 9.47 Å². The van der Waals surface area contributed by atoms with Crippen molar-refractivity contribution >= 4 is 29.4 Å². The van der Waals surface area contributed by atoms with Gasteiger partial charge in [-0.1, -0.05) is 94.5 Å². The van der Waals surface area contributed by atoms with Gasteiger partial charge in [0.05, 0.1) is 12.2 Å². The van der Waals surface area contributed by atoms with Gasteiger partial charge in [0.25, 0.3) is 0 Å². The van der Waals surface area contributed by atoms with Crippen LogP contribution in [0.2, 0.25) is 5.02 Å². The van der Waals surface area contributed by atoms with E-state index in [-0.39, 0.29) is 5.78 Å². The third kappa shape index (κ3) is 11.5. The van der Waals surface area contributed by atoms with Crippen molar-refractivity contribution in [2.24, 2.45) is 0 Å². The Morgan fingerprint density at radius 1 is 0.667 bits per heavy atom. The molecule has 0 spiro atoms. The quantitative estimate of drug-likeness (QED) is 0.0555. The maximum atomic E-state index is 12.5. The molecular formula is C34H39ClO4. The summed E-state index contributed by atoms with van der Waals surface area (Å²) in [4.78, 5) is 24.8. The van der Waals surface area contributed by atoms with Crippen LogP contribution in [-0.2, 0) is 0 Å². The maximum Gasteiger partial charge on any atom is 0.343 e. The lowest BCUT2D eigenvalue weighted by Gasteiger charge is -2.08. The number of carbonyl (C=O) groups is 2. The van der Waals surface area contributed by atoms with Crippen LogP contribution in [0.25, 0.3) is 6.08 Å². The van der Waals surface area contributed by atoms with Crippen LogP contribution in [0.5, 0.6) is 11.5 Å². The van der Waals surface area contributed by atoms with E-state index < -0.39 is 5.97 Å². The predicted octanol–water partition coefficient (Wildman–Crippen LogP) is 9.75. The molecule has 0 atom stereocenters. The fourth-order valence-electron chi connectivity index (χ4n) is 4.16. The Bertz CT molecular complexity index is 1170. The van der Waals surface area contributed by atoms with E-state index in [1.165, 1.54) is 63.9 Å². The second-order valence-electron chi connectivity index (χ2n) is 9.72. The molecule has 5 heteroatoms. The van der Waals surface area contributed by atoms with Gasteiger partial charge in [0.15, 0.2) is 5.78 Å². The van der Waals surface area contributed by atoms with E-state index in [9.17, 15) is 9.59 Å². The minimum Gasteiger partial charge on any atom is -0.494 e. The zero-order valence-corrected chi connectivity index (χ0v) is 23.6. The number of hydrogen-bond donors (Lipinski definition) is 0. The van der Waals surface area contributed by atoms with Crippen molar-refractivity contribution in [2.45, 2.75) is 71.1 Å². The molecule has 0 saturated heterocycles. The minimum atomic E-state index is -0.433. The molecule has 0 saturated carbocycles. The predicted molar refractivity (Wildman–Crippen MR) is 160 cm³/mol. The van der Waals surface area contributed by atoms with Gasteiger partial charge in [-0.3, -0.25) is 4.79 Å². The summed E-state index contributed by atoms with van der Waals surface area (Å²) < 4.78 is 11.3. The van der Waals surface area contributed by atoms with Gasteiger partial charge in [0.1, 0.15) is 11.5 Å². The van der Waals surface area contributed by atoms with E-state index in [2.05, 4.69) is 6.92 Å². The smallest absolute Gasteiger partial charge is 0.343 e. The lowest BCUT2D eigenvalue weighted by molar-refractivity contribution is 0.0734. The van der Waals surface area contributed by atoms with E-state index >= 15 is 0 Å². The van der Waals surface area contributed by atoms with Crippen LogP contribution in [0.3, 0.4) is 0 Å². The van der Waals surface area contributed by atoms with E-state index in [1.807, 2.05) is 0 Å². The zero-order valence-electron chi connectivity index (χ0n) is 22.9. The number of esters is 1. The SMILES string of the molecule is CCCCCCCCCCCCOc1ccc(C(=O)Oc2ccc(/C=C/C(=O)c3ccc(Cl)cc3)cc2)cc1. The Kier molecular flexibility index (Phi) is 13.4. The number of halogens is 1. The van der Waals surface area contributed by atoms with Gasteiger partial charge in [-0.25, -0.2) is 4.79 Å². The van der Waals surface area contributed by atoms with Gasteiger partial charge in [-0.05, 0) is 78.7 Å². The molecule has 0 aliphatic carbocycles. The Morgan fingerprint density at radius 2 is 1.21 bits per heavy atom. The molecule has 0 aliphatic heterocycles. The van der Waals surface area contributed by atoms with Crippen molar-refractivity contribution in [3.8, 4) is 11.5 Å². The van der Waals surface area contributed by atoms with Gasteiger partial charge in [0.2, 0.25) is 0 Å². The highest BCUT2D eigenvalue weighted by molar-refractivity contribution is 6.30. The summed E-state index contributed by atoms with van der Waals surface area (Å²) in [5, 5.41) is 0.588. The van der Waals surface area contributed by atoms with Crippen molar-refractivity contribution in [3.63, 3.8) is 0 Å². The molecule has 39 heavy (non-hydrogen) atoms. The third-order valence-electron chi connectivity index (χ3n) is 6.50. The van der Waals surface area contributed by atoms with E-state index in [0.29, 0.717) is 28.5 Å². The van der Waals surface area contributed by atoms with E-state index in [4.69, 9.17) is 21.1 Å². The average molecular weight is 547 g/mol. The molecular weight excluding hydrogens is 508 g/mol. The van der Waals surface area contributed by atoms with Crippen LogP contribution in [0.4, 0.5) is 0 Å². The maximum absolute atomic E-state index is 12.5. The Hall–Kier alpha value is -3.37. The molecule has 0 amide bonds. The fourth-order valence-corrected chi connectivity index (χ4v) is 4.29. The van der Waals surface area contributed by atoms with Crippen LogP contribution in [0.1, 0.15) is 97.4 Å². The monoisotopic (exact) mass is 546 g/mol. The first-order valence-electron chi connectivity index (χ1n) is 14.1. The Balaban J connectivity index is 1.34. The van der Waals surface area contributed by atoms with Gasteiger partial charge in [0, 0.05) is 10.6 Å². The number of rotatable bonds is 17. The minimum absolute atomic E-state index is 0.113. The summed E-state index contributed by atoms with van der Waals surface area (Å²) in [6.45, 7) is 2.94. The second-order valence-corrected chi connectivity index (χ2v) is 10.2. The standard InChI is InChI=1S/C34H39ClO4/c1-2-3-4-5-6-7-8-9-10-11-26-38-31-23-17-29(18-24-31)34(37)39-32-21-12-27(13-22-32)14-25-33(36)28-15-19-30(35)20-16-28/h12-25H,2-11,26H2,1H3/b25-14+. The molecule has 3 aromatic carbocycles. The number of allylic oxidation sites excluding steroid dienone is 1. The summed E-state index contributed by atoms with van der Waals surface area (Å²) in [6.07, 6.45) is 16.2. The molecule has 0 N–H and O–H groups in total. The van der Waals surface area contributed by atoms with E-state index in [1.54, 1.807) is 78.9 Å². The first-order chi connectivity index (χ1) is 19.0. The summed E-state index contributed by atoms with van der Waals surface area (Å²) in [5.41, 5.74) is 1.84. The molecule has 206 valence electrons. The zero-order chi connectivity index (χ0) is 27.7. The summed E-state index contributed by atoms with van der Waals surface area (Å²) in [5.74, 6) is 0.643. The highest BCUT2D eigenvalue weighted by Gasteiger charge is 2.09. The molecule has 3 rings (SSSR count). The molecule has 0 fully saturated rings. The number of ether oxygens (including phenoxy) is 2. The molecule has 0 bridgehead atoms.